The first-order valence-corrected chi connectivity index (χ1v) is 17.9. The highest BCUT2D eigenvalue weighted by atomic mass is 35.5. The van der Waals surface area contributed by atoms with Crippen LogP contribution in [0.1, 0.15) is 76.3 Å². The molecular formula is C38H46ClN5O7. The number of nitrogens with zero attached hydrogens (tertiary/aromatic N) is 2. The molecule has 0 unspecified atom stereocenters. The van der Waals surface area contributed by atoms with Gasteiger partial charge >= 0.3 is 0 Å². The van der Waals surface area contributed by atoms with Gasteiger partial charge in [0.25, 0.3) is 5.91 Å². The molecule has 51 heavy (non-hydrogen) atoms. The van der Waals surface area contributed by atoms with Crippen molar-refractivity contribution >= 4 is 46.7 Å². The quantitative estimate of drug-likeness (QED) is 0.282. The largest absolute Gasteiger partial charge is 0.496 e. The van der Waals surface area contributed by atoms with Crippen LogP contribution < -0.4 is 20.7 Å². The van der Waals surface area contributed by atoms with Crippen molar-refractivity contribution in [2.75, 3.05) is 20.7 Å². The van der Waals surface area contributed by atoms with Crippen LogP contribution in [0.4, 0.5) is 0 Å². The molecule has 13 heteroatoms. The Morgan fingerprint density at radius 2 is 1.78 bits per heavy atom. The van der Waals surface area contributed by atoms with Crippen LogP contribution in [0, 0.1) is 17.3 Å². The zero-order chi connectivity index (χ0) is 36.7. The van der Waals surface area contributed by atoms with Gasteiger partial charge in [-0.1, -0.05) is 80.7 Å². The molecule has 3 fully saturated rings. The maximum atomic E-state index is 14.7. The average Bonchev–Trinajstić information content (AvgIpc) is 4.03. The van der Waals surface area contributed by atoms with Gasteiger partial charge < -0.3 is 30.4 Å². The molecule has 1 saturated heterocycles. The van der Waals surface area contributed by atoms with Crippen LogP contribution in [-0.4, -0.2) is 84.5 Å². The molecule has 2 aliphatic carbocycles. The lowest BCUT2D eigenvalue weighted by molar-refractivity contribution is -0.145. The summed E-state index contributed by atoms with van der Waals surface area (Å²) in [5, 5.41) is 13.1. The molecule has 2 saturated carbocycles. The molecule has 272 valence electrons. The summed E-state index contributed by atoms with van der Waals surface area (Å²) in [6.45, 7) is 5.59. The number of halogens is 1. The van der Waals surface area contributed by atoms with E-state index in [1.807, 2.05) is 51.1 Å². The first-order chi connectivity index (χ1) is 24.2. The molecule has 0 radical (unpaired) electrons. The zero-order valence-electron chi connectivity index (χ0n) is 29.7. The van der Waals surface area contributed by atoms with Gasteiger partial charge in [0.2, 0.25) is 23.5 Å². The number of oxime groups is 1. The minimum atomic E-state index is -1.08. The van der Waals surface area contributed by atoms with Crippen LogP contribution in [0.5, 0.6) is 5.75 Å². The summed E-state index contributed by atoms with van der Waals surface area (Å²) in [5.74, 6) is -2.21. The SMILES string of the molecule is CNC(=O)C(=O)[C@H](CC1CC1)NC(=O)[C@@H]1C[C@]2(CC(c3cc(Cl)ccc3OC)=NO2)CN1C(=O)[C@@H](NC(=O)[C@@H]1C[C@H]1c1ccccc1)C(C)(C)C. The Hall–Kier alpha value is -4.45. The molecule has 2 heterocycles. The summed E-state index contributed by atoms with van der Waals surface area (Å²) in [7, 11) is 2.91. The summed E-state index contributed by atoms with van der Waals surface area (Å²) in [6.07, 6.45) is 3.13. The lowest BCUT2D eigenvalue weighted by Crippen LogP contribution is -2.59. The minimum absolute atomic E-state index is 0.00496. The van der Waals surface area contributed by atoms with Crippen molar-refractivity contribution in [2.24, 2.45) is 22.4 Å². The standard InChI is InChI=1S/C38H46ClN5O7/c1-37(2,3)32(42-33(46)25-17-24(25)22-9-7-6-8-10-22)36(49)44-20-38(18-28(43-51-38)26-16-23(39)13-14-30(26)50-5)19-29(44)34(47)41-27(15-21-11-12-21)31(45)35(48)40-4/h6-10,13-14,16,21,24-25,27,29,32H,11-12,15,17-20H2,1-5H3,(H,40,48)(H,41,47)(H,42,46)/t24-,25+,27-,29-,32+,38+/m0/s1. The molecule has 6 rings (SSSR count). The van der Waals surface area contributed by atoms with Crippen molar-refractivity contribution < 1.29 is 33.5 Å². The van der Waals surface area contributed by atoms with E-state index in [4.69, 9.17) is 21.2 Å². The summed E-state index contributed by atoms with van der Waals surface area (Å²) in [6, 6.07) is 11.9. The maximum absolute atomic E-state index is 14.7. The lowest BCUT2D eigenvalue weighted by Gasteiger charge is -2.35. The average molecular weight is 720 g/mol. The number of benzene rings is 2. The normalized spacial score (nSPS) is 24.9. The van der Waals surface area contributed by atoms with E-state index in [-0.39, 0.29) is 43.0 Å². The first-order valence-electron chi connectivity index (χ1n) is 17.5. The lowest BCUT2D eigenvalue weighted by atomic mass is 9.85. The number of ketones is 1. The number of Topliss-reactive ketones (excluding diaryl/α,β-unsaturated/α-hetero) is 1. The van der Waals surface area contributed by atoms with E-state index >= 15 is 0 Å². The number of nitrogens with one attached hydrogen (secondary N) is 3. The fourth-order valence-corrected chi connectivity index (χ4v) is 7.44. The Balaban J connectivity index is 1.27. The van der Waals surface area contributed by atoms with Crippen molar-refractivity contribution in [1.82, 2.24) is 20.9 Å². The van der Waals surface area contributed by atoms with Crippen LogP contribution in [0.25, 0.3) is 0 Å². The Morgan fingerprint density at radius 1 is 1.06 bits per heavy atom. The van der Waals surface area contributed by atoms with Gasteiger partial charge in [-0.05, 0) is 53.9 Å². The van der Waals surface area contributed by atoms with Crippen LogP contribution in [0.15, 0.2) is 53.7 Å². The molecule has 1 spiro atoms. The number of rotatable bonds is 12. The molecule has 4 aliphatic rings. The fourth-order valence-electron chi connectivity index (χ4n) is 7.26. The third kappa shape index (κ3) is 7.90. The molecule has 0 bridgehead atoms. The Morgan fingerprint density at radius 3 is 2.43 bits per heavy atom. The van der Waals surface area contributed by atoms with Gasteiger partial charge in [-0.2, -0.15) is 0 Å². The number of carbonyl (C=O) groups excluding carboxylic acids is 5. The van der Waals surface area contributed by atoms with E-state index in [1.54, 1.807) is 18.2 Å². The number of ether oxygens (including phenoxy) is 1. The van der Waals surface area contributed by atoms with Gasteiger partial charge in [0, 0.05) is 36.4 Å². The van der Waals surface area contributed by atoms with E-state index < -0.39 is 52.6 Å². The van der Waals surface area contributed by atoms with E-state index in [0.29, 0.717) is 34.9 Å². The zero-order valence-corrected chi connectivity index (χ0v) is 30.4. The number of hydrogen-bond acceptors (Lipinski definition) is 8. The van der Waals surface area contributed by atoms with E-state index in [1.165, 1.54) is 19.1 Å². The Kier molecular flexibility index (Phi) is 10.2. The molecule has 2 aromatic carbocycles. The molecule has 0 aromatic heterocycles. The second kappa shape index (κ2) is 14.3. The second-order valence-electron chi connectivity index (χ2n) is 15.4. The first kappa shape index (κ1) is 36.3. The molecule has 2 aromatic rings. The van der Waals surface area contributed by atoms with Crippen LogP contribution >= 0.6 is 11.6 Å². The fraction of sp³-hybridized carbons (Fsp3) is 0.526. The smallest absolute Gasteiger partial charge is 0.289 e. The molecule has 12 nitrogen and oxygen atoms in total. The molecule has 2 aliphatic heterocycles. The van der Waals surface area contributed by atoms with Gasteiger partial charge in [0.15, 0.2) is 5.60 Å². The van der Waals surface area contributed by atoms with Gasteiger partial charge in [-0.25, -0.2) is 0 Å². The summed E-state index contributed by atoms with van der Waals surface area (Å²) < 4.78 is 5.55. The van der Waals surface area contributed by atoms with Crippen LogP contribution in [0.2, 0.25) is 5.02 Å². The Labute approximate surface area is 303 Å². The highest BCUT2D eigenvalue weighted by Crippen LogP contribution is 2.48. The predicted molar refractivity (Wildman–Crippen MR) is 190 cm³/mol. The minimum Gasteiger partial charge on any atom is -0.496 e. The van der Waals surface area contributed by atoms with Crippen molar-refractivity contribution in [3.63, 3.8) is 0 Å². The van der Waals surface area contributed by atoms with E-state index in [9.17, 15) is 24.0 Å². The topological polar surface area (TPSA) is 156 Å². The third-order valence-corrected chi connectivity index (χ3v) is 10.6. The highest BCUT2D eigenvalue weighted by Gasteiger charge is 2.56. The molecular weight excluding hydrogens is 674 g/mol. The number of carbonyl (C=O) groups is 5. The van der Waals surface area contributed by atoms with Crippen LogP contribution in [0.3, 0.4) is 0 Å². The number of likely N-dealkylation sites (tertiary alicyclic amines) is 1. The third-order valence-electron chi connectivity index (χ3n) is 10.4. The number of amides is 4. The van der Waals surface area contributed by atoms with E-state index in [0.717, 1.165) is 18.4 Å². The number of hydrogen-bond donors (Lipinski definition) is 3. The maximum Gasteiger partial charge on any atom is 0.289 e. The van der Waals surface area contributed by atoms with Gasteiger partial charge in [-0.3, -0.25) is 24.0 Å². The highest BCUT2D eigenvalue weighted by molar-refractivity contribution is 6.38. The van der Waals surface area contributed by atoms with Crippen molar-refractivity contribution in [3.05, 3.63) is 64.7 Å². The van der Waals surface area contributed by atoms with Crippen molar-refractivity contribution in [1.29, 1.82) is 0 Å². The van der Waals surface area contributed by atoms with Crippen molar-refractivity contribution in [3.8, 4) is 5.75 Å². The number of likely N-dealkylation sites (N-methyl/N-ethyl adjacent to an activating group) is 1. The second-order valence-corrected chi connectivity index (χ2v) is 15.8. The molecule has 6 atom stereocenters. The predicted octanol–water partition coefficient (Wildman–Crippen LogP) is 3.75. The molecule has 4 amide bonds. The Bertz CT molecular complexity index is 1740. The number of methoxy groups -OCH3 is 1. The summed E-state index contributed by atoms with van der Waals surface area (Å²) in [5.41, 5.74) is 0.443. The van der Waals surface area contributed by atoms with Gasteiger partial charge in [0.05, 0.1) is 25.4 Å². The van der Waals surface area contributed by atoms with Gasteiger partial charge in [-0.15, -0.1) is 0 Å². The van der Waals surface area contributed by atoms with Gasteiger partial charge in [0.1, 0.15) is 17.8 Å². The summed E-state index contributed by atoms with van der Waals surface area (Å²) >= 11 is 6.32. The monoisotopic (exact) mass is 719 g/mol. The van der Waals surface area contributed by atoms with E-state index in [2.05, 4.69) is 21.1 Å². The summed E-state index contributed by atoms with van der Waals surface area (Å²) in [4.78, 5) is 75.6. The van der Waals surface area contributed by atoms with Crippen LogP contribution in [-0.2, 0) is 28.8 Å². The molecule has 3 N–H and O–H groups in total. The van der Waals surface area contributed by atoms with Crippen molar-refractivity contribution in [2.45, 2.75) is 88.9 Å².